The minimum Gasteiger partial charge on any atom is -0.384 e. The predicted octanol–water partition coefficient (Wildman–Crippen LogP) is 1.67. The average molecular weight is 552 g/mol. The molecule has 13 nitrogen and oxygen atoms in total. The van der Waals surface area contributed by atoms with Gasteiger partial charge in [0.2, 0.25) is 5.82 Å². The zero-order valence-corrected chi connectivity index (χ0v) is 22.6. The van der Waals surface area contributed by atoms with Gasteiger partial charge in [0.15, 0.2) is 15.5 Å². The summed E-state index contributed by atoms with van der Waals surface area (Å²) in [4.78, 5) is 28.2. The Labute approximate surface area is 224 Å². The number of nitrogens with two attached hydrogens (primary N) is 1. The summed E-state index contributed by atoms with van der Waals surface area (Å²) in [5.74, 6) is -0.238. The van der Waals surface area contributed by atoms with E-state index in [-0.39, 0.29) is 40.4 Å². The van der Waals surface area contributed by atoms with Crippen molar-refractivity contribution in [2.75, 3.05) is 12.0 Å². The molecule has 0 unspecified atom stereocenters. The molecule has 4 aromatic rings. The number of pyridine rings is 1. The van der Waals surface area contributed by atoms with E-state index >= 15 is 0 Å². The van der Waals surface area contributed by atoms with Crippen LogP contribution >= 0.6 is 0 Å². The van der Waals surface area contributed by atoms with Crippen molar-refractivity contribution in [2.24, 2.45) is 0 Å². The molecule has 2 fully saturated rings. The monoisotopic (exact) mass is 551 g/mol. The summed E-state index contributed by atoms with van der Waals surface area (Å²) in [6.07, 6.45) is 8.35. The number of carbonyl (C=O) groups excluding carboxylic acids is 1. The lowest BCUT2D eigenvalue weighted by atomic mass is 9.87. The fourth-order valence-electron chi connectivity index (χ4n) is 5.96. The Morgan fingerprint density at radius 3 is 2.44 bits per heavy atom. The summed E-state index contributed by atoms with van der Waals surface area (Å²) in [7, 11) is -3.75. The number of aromatic nitrogens is 7. The van der Waals surface area contributed by atoms with Crippen molar-refractivity contribution in [3.63, 3.8) is 0 Å². The Bertz CT molecular complexity index is 1660. The van der Waals surface area contributed by atoms with Gasteiger partial charge in [-0.2, -0.15) is 14.7 Å². The van der Waals surface area contributed by atoms with E-state index in [0.29, 0.717) is 41.0 Å². The van der Waals surface area contributed by atoms with Gasteiger partial charge in [0.25, 0.3) is 5.91 Å². The van der Waals surface area contributed by atoms with Crippen molar-refractivity contribution in [1.82, 2.24) is 39.7 Å². The number of nitrogen functional groups attached to an aromatic ring is 1. The first-order valence-corrected chi connectivity index (χ1v) is 14.6. The maximum atomic E-state index is 13.1. The molecule has 3 atom stereocenters. The lowest BCUT2D eigenvalue weighted by molar-refractivity contribution is 0.0556. The topological polar surface area (TPSA) is 185 Å². The van der Waals surface area contributed by atoms with Crippen LogP contribution < -0.4 is 5.73 Å². The van der Waals surface area contributed by atoms with Crippen molar-refractivity contribution in [1.29, 1.82) is 0 Å². The second kappa shape index (κ2) is 8.81. The van der Waals surface area contributed by atoms with Crippen LogP contribution in [0.1, 0.15) is 67.5 Å². The molecule has 0 saturated carbocycles. The van der Waals surface area contributed by atoms with Gasteiger partial charge in [-0.25, -0.2) is 18.4 Å². The van der Waals surface area contributed by atoms with Crippen LogP contribution in [-0.4, -0.2) is 77.4 Å². The van der Waals surface area contributed by atoms with Crippen molar-refractivity contribution in [3.8, 4) is 11.1 Å². The minimum atomic E-state index is -3.75. The minimum absolute atomic E-state index is 0.00247. The molecule has 0 radical (unpaired) electrons. The summed E-state index contributed by atoms with van der Waals surface area (Å²) >= 11 is 0. The second-order valence-electron chi connectivity index (χ2n) is 10.9. The molecule has 2 aliphatic rings. The quantitative estimate of drug-likeness (QED) is 0.329. The zero-order valence-electron chi connectivity index (χ0n) is 21.7. The van der Waals surface area contributed by atoms with Gasteiger partial charge in [-0.15, -0.1) is 0 Å². The molecule has 0 aliphatic carbocycles. The first kappa shape index (κ1) is 25.4. The average Bonchev–Trinajstić information content (AvgIpc) is 3.61. The van der Waals surface area contributed by atoms with Gasteiger partial charge in [-0.3, -0.25) is 14.9 Å². The van der Waals surface area contributed by atoms with Crippen molar-refractivity contribution < 1.29 is 18.3 Å². The predicted molar refractivity (Wildman–Crippen MR) is 140 cm³/mol. The number of amides is 1. The number of H-pyrrole nitrogens is 1. The SMILES string of the molecule is CC(C)(O)c1ccc(-c2cnn3c(N)c(S(C)(=O)=O)c([C@H]4C[C@H]5CC[C@@H](C4)N5C(=O)c4ncn[nH]4)nc23)cn1. The van der Waals surface area contributed by atoms with Gasteiger partial charge >= 0.3 is 0 Å². The summed E-state index contributed by atoms with van der Waals surface area (Å²) in [6, 6.07) is 3.38. The summed E-state index contributed by atoms with van der Waals surface area (Å²) in [5.41, 5.74) is 8.03. The van der Waals surface area contributed by atoms with Crippen LogP contribution in [0.25, 0.3) is 16.8 Å². The number of sulfone groups is 1. The molecule has 0 aromatic carbocycles. The molecule has 204 valence electrons. The van der Waals surface area contributed by atoms with E-state index in [4.69, 9.17) is 10.7 Å². The lowest BCUT2D eigenvalue weighted by Crippen LogP contribution is -2.46. The Kier molecular flexibility index (Phi) is 5.73. The number of hydrogen-bond acceptors (Lipinski definition) is 10. The molecule has 6 heterocycles. The van der Waals surface area contributed by atoms with Crippen LogP contribution in [0.15, 0.2) is 35.7 Å². The van der Waals surface area contributed by atoms with Crippen molar-refractivity contribution in [2.45, 2.75) is 68.0 Å². The third-order valence-electron chi connectivity index (χ3n) is 7.71. The molecular formula is C25H29N9O4S. The highest BCUT2D eigenvalue weighted by Gasteiger charge is 2.46. The number of piperidine rings is 1. The Balaban J connectivity index is 1.42. The smallest absolute Gasteiger partial charge is 0.291 e. The molecule has 2 bridgehead atoms. The molecule has 2 saturated heterocycles. The van der Waals surface area contributed by atoms with E-state index in [1.165, 1.54) is 10.8 Å². The number of nitrogens with zero attached hydrogens (tertiary/aromatic N) is 7. The largest absolute Gasteiger partial charge is 0.384 e. The van der Waals surface area contributed by atoms with Crippen molar-refractivity contribution >= 4 is 27.2 Å². The number of nitrogens with one attached hydrogen (secondary N) is 1. The number of aliphatic hydroxyl groups is 1. The van der Waals surface area contributed by atoms with E-state index in [0.717, 1.165) is 19.1 Å². The van der Waals surface area contributed by atoms with Crippen LogP contribution in [0, 0.1) is 0 Å². The van der Waals surface area contributed by atoms with E-state index in [1.54, 1.807) is 32.3 Å². The van der Waals surface area contributed by atoms with Crippen LogP contribution in [0.2, 0.25) is 0 Å². The van der Waals surface area contributed by atoms with Crippen LogP contribution in [-0.2, 0) is 15.4 Å². The van der Waals surface area contributed by atoms with Crippen LogP contribution in [0.3, 0.4) is 0 Å². The maximum Gasteiger partial charge on any atom is 0.291 e. The Morgan fingerprint density at radius 2 is 1.87 bits per heavy atom. The first-order valence-electron chi connectivity index (χ1n) is 12.7. The van der Waals surface area contributed by atoms with E-state index in [1.807, 2.05) is 11.0 Å². The maximum absolute atomic E-state index is 13.1. The number of anilines is 1. The molecule has 14 heteroatoms. The highest BCUT2D eigenvalue weighted by molar-refractivity contribution is 7.91. The molecule has 6 rings (SSSR count). The van der Waals surface area contributed by atoms with Gasteiger partial charge in [0.1, 0.15) is 22.6 Å². The normalized spacial score (nSPS) is 21.5. The second-order valence-corrected chi connectivity index (χ2v) is 12.8. The number of fused-ring (bicyclic) bond motifs is 3. The molecule has 4 aromatic heterocycles. The highest BCUT2D eigenvalue weighted by atomic mass is 32.2. The molecular weight excluding hydrogens is 522 g/mol. The summed E-state index contributed by atoms with van der Waals surface area (Å²) in [6.45, 7) is 3.31. The molecule has 0 spiro atoms. The summed E-state index contributed by atoms with van der Waals surface area (Å²) in [5, 5.41) is 21.1. The third-order valence-corrected chi connectivity index (χ3v) is 8.87. The molecule has 1 amide bonds. The zero-order chi connectivity index (χ0) is 27.7. The third kappa shape index (κ3) is 4.23. The molecule has 39 heavy (non-hydrogen) atoms. The fraction of sp³-hybridized carbons (Fsp3) is 0.440. The number of carbonyl (C=O) groups is 1. The van der Waals surface area contributed by atoms with E-state index < -0.39 is 15.4 Å². The molecule has 4 N–H and O–H groups in total. The first-order chi connectivity index (χ1) is 18.4. The van der Waals surface area contributed by atoms with Crippen molar-refractivity contribution in [3.05, 3.63) is 48.1 Å². The Hall–Kier alpha value is -3.91. The van der Waals surface area contributed by atoms with E-state index in [9.17, 15) is 18.3 Å². The highest BCUT2D eigenvalue weighted by Crippen LogP contribution is 2.45. The Morgan fingerprint density at radius 1 is 1.15 bits per heavy atom. The fourth-order valence-corrected chi connectivity index (χ4v) is 7.01. The van der Waals surface area contributed by atoms with Gasteiger partial charge in [0.05, 0.1) is 17.6 Å². The standard InChI is InChI=1S/C25H29N9O4S/c1-25(2,36)18-7-4-13(10-27-18)17-11-30-34-21(26)20(39(3,37)38)19(31-23(17)34)14-8-15-5-6-16(9-14)33(15)24(35)22-28-12-29-32-22/h4,7,10-12,14-16,36H,5-6,8-9,26H2,1-3H3,(H,28,29,32)/t14-,15+,16-. The van der Waals surface area contributed by atoms with Crippen LogP contribution in [0.5, 0.6) is 0 Å². The number of rotatable bonds is 5. The van der Waals surface area contributed by atoms with Crippen LogP contribution in [0.4, 0.5) is 5.82 Å². The van der Waals surface area contributed by atoms with Gasteiger partial charge in [0, 0.05) is 41.6 Å². The van der Waals surface area contributed by atoms with Gasteiger partial charge in [-0.1, -0.05) is 6.07 Å². The molecule has 2 aliphatic heterocycles. The van der Waals surface area contributed by atoms with E-state index in [2.05, 4.69) is 25.3 Å². The number of aromatic amines is 1. The van der Waals surface area contributed by atoms with Gasteiger partial charge < -0.3 is 15.7 Å². The van der Waals surface area contributed by atoms with Gasteiger partial charge in [-0.05, 0) is 45.6 Å². The lowest BCUT2D eigenvalue weighted by Gasteiger charge is -2.38. The summed E-state index contributed by atoms with van der Waals surface area (Å²) < 4.78 is 27.3. The number of hydrogen-bond donors (Lipinski definition) is 3.